The Morgan fingerprint density at radius 2 is 1.93 bits per heavy atom. The number of amides is 1. The third-order valence-electron chi connectivity index (χ3n) is 4.81. The number of rotatable bonds is 6. The van der Waals surface area contributed by atoms with Gasteiger partial charge in [0.05, 0.1) is 5.69 Å². The van der Waals surface area contributed by atoms with E-state index in [1.807, 2.05) is 54.6 Å². The van der Waals surface area contributed by atoms with Crippen LogP contribution in [0.4, 0.5) is 5.69 Å². The van der Waals surface area contributed by atoms with Gasteiger partial charge in [-0.3, -0.25) is 4.79 Å². The number of hydrogen-bond donors (Lipinski definition) is 2. The lowest BCUT2D eigenvalue weighted by Crippen LogP contribution is -2.22. The molecule has 3 aromatic rings. The lowest BCUT2D eigenvalue weighted by atomic mass is 9.88. The van der Waals surface area contributed by atoms with Crippen LogP contribution in [0.15, 0.2) is 67.3 Å². The summed E-state index contributed by atoms with van der Waals surface area (Å²) in [5.41, 5.74) is 2.90. The first kappa shape index (κ1) is 19.0. The predicted octanol–water partition coefficient (Wildman–Crippen LogP) is 5.15. The number of carboxylic acid groups (broad SMARTS) is 1. The molecule has 1 aliphatic heterocycles. The zero-order valence-electron chi connectivity index (χ0n) is 15.6. The van der Waals surface area contributed by atoms with Crippen molar-refractivity contribution >= 4 is 28.9 Å². The van der Waals surface area contributed by atoms with Gasteiger partial charge in [-0.15, -0.1) is 11.3 Å². The molecule has 2 aromatic carbocycles. The summed E-state index contributed by atoms with van der Waals surface area (Å²) in [4.78, 5) is 25.5. The number of ether oxygens (including phenoxy) is 1. The first-order valence-corrected chi connectivity index (χ1v) is 9.99. The number of carbonyl (C=O) groups excluding carboxylic acids is 1. The summed E-state index contributed by atoms with van der Waals surface area (Å²) in [5, 5.41) is 12.7. The van der Waals surface area contributed by atoms with Crippen molar-refractivity contribution in [3.8, 4) is 16.9 Å². The molecule has 29 heavy (non-hydrogen) atoms. The Balaban J connectivity index is 1.80. The Bertz CT molecular complexity index is 1070. The van der Waals surface area contributed by atoms with Crippen molar-refractivity contribution < 1.29 is 19.4 Å². The van der Waals surface area contributed by atoms with Crippen LogP contribution in [0.2, 0.25) is 0 Å². The van der Waals surface area contributed by atoms with E-state index in [4.69, 9.17) is 4.74 Å². The normalized spacial score (nSPS) is 15.3. The highest BCUT2D eigenvalue weighted by atomic mass is 32.1. The van der Waals surface area contributed by atoms with Crippen molar-refractivity contribution in [2.75, 3.05) is 11.9 Å². The maximum atomic E-state index is 12.5. The molecule has 0 radical (unpaired) electrons. The molecule has 2 N–H and O–H groups in total. The molecule has 2 heterocycles. The van der Waals surface area contributed by atoms with Crippen LogP contribution in [0, 0.1) is 0 Å². The molecule has 1 atom stereocenters. The van der Waals surface area contributed by atoms with Crippen molar-refractivity contribution in [1.82, 2.24) is 0 Å². The zero-order valence-corrected chi connectivity index (χ0v) is 16.4. The fourth-order valence-electron chi connectivity index (χ4n) is 3.54. The van der Waals surface area contributed by atoms with Gasteiger partial charge in [0.1, 0.15) is 17.2 Å². The summed E-state index contributed by atoms with van der Waals surface area (Å²) in [6.07, 6.45) is 1.95. The molecule has 0 bridgehead atoms. The van der Waals surface area contributed by atoms with Gasteiger partial charge in [0.25, 0.3) is 0 Å². The molecule has 146 valence electrons. The lowest BCUT2D eigenvalue weighted by molar-refractivity contribution is -0.116. The fourth-order valence-corrected chi connectivity index (χ4v) is 4.78. The van der Waals surface area contributed by atoms with Gasteiger partial charge in [0, 0.05) is 22.8 Å². The van der Waals surface area contributed by atoms with Crippen molar-refractivity contribution in [3.05, 3.63) is 82.6 Å². The predicted molar refractivity (Wildman–Crippen MR) is 114 cm³/mol. The van der Waals surface area contributed by atoms with Gasteiger partial charge in [0.2, 0.25) is 5.91 Å². The number of thiophene rings is 1. The van der Waals surface area contributed by atoms with Crippen molar-refractivity contribution in [2.45, 2.75) is 12.3 Å². The molecule has 1 aromatic heterocycles. The second-order valence-corrected chi connectivity index (χ2v) is 7.74. The van der Waals surface area contributed by atoms with Gasteiger partial charge in [-0.2, -0.15) is 0 Å². The number of hydrogen-bond acceptors (Lipinski definition) is 4. The highest BCUT2D eigenvalue weighted by molar-refractivity contribution is 7.15. The van der Waals surface area contributed by atoms with Crippen molar-refractivity contribution in [1.29, 1.82) is 0 Å². The Hall–Kier alpha value is -3.38. The molecule has 5 nitrogen and oxygen atoms in total. The van der Waals surface area contributed by atoms with E-state index in [2.05, 4.69) is 11.9 Å². The highest BCUT2D eigenvalue weighted by Crippen LogP contribution is 2.49. The Labute approximate surface area is 172 Å². The largest absolute Gasteiger partial charge is 0.490 e. The summed E-state index contributed by atoms with van der Waals surface area (Å²) in [6.45, 7) is 4.05. The van der Waals surface area contributed by atoms with Crippen LogP contribution >= 0.6 is 11.3 Å². The number of fused-ring (bicyclic) bond motifs is 1. The molecule has 0 aliphatic carbocycles. The van der Waals surface area contributed by atoms with E-state index >= 15 is 0 Å². The van der Waals surface area contributed by atoms with Crippen LogP contribution < -0.4 is 10.1 Å². The second kappa shape index (κ2) is 7.93. The first-order chi connectivity index (χ1) is 14.1. The van der Waals surface area contributed by atoms with Crippen LogP contribution in [0.3, 0.4) is 0 Å². The van der Waals surface area contributed by atoms with Crippen LogP contribution in [0.5, 0.6) is 5.75 Å². The molecule has 0 saturated heterocycles. The van der Waals surface area contributed by atoms with Gasteiger partial charge in [-0.05, 0) is 23.3 Å². The standard InChI is InChI=1S/C23H19NO4S/c1-2-12-28-16-10-8-14(9-11-16)17-13-18(25)24-20-19(15-6-4-3-5-7-15)22(23(26)27)29-21(17)20/h2-11,17H,1,12-13H2,(H,24,25)(H,26,27)/t17-/m0/s1. The summed E-state index contributed by atoms with van der Waals surface area (Å²) < 4.78 is 5.53. The molecular formula is C23H19NO4S. The van der Waals surface area contributed by atoms with E-state index in [9.17, 15) is 14.7 Å². The maximum absolute atomic E-state index is 12.5. The van der Waals surface area contributed by atoms with Gasteiger partial charge in [-0.25, -0.2) is 4.79 Å². The monoisotopic (exact) mass is 405 g/mol. The van der Waals surface area contributed by atoms with E-state index in [0.29, 0.717) is 17.9 Å². The smallest absolute Gasteiger partial charge is 0.346 e. The van der Waals surface area contributed by atoms with Crippen LogP contribution in [0.1, 0.15) is 32.5 Å². The molecule has 4 rings (SSSR count). The molecule has 1 aliphatic rings. The fraction of sp³-hybridized carbons (Fsp3) is 0.130. The SMILES string of the molecule is C=CCOc1ccc([C@@H]2CC(=O)Nc3c2sc(C(=O)O)c3-c2ccccc2)cc1. The minimum absolute atomic E-state index is 0.124. The molecule has 6 heteroatoms. The van der Waals surface area contributed by atoms with Crippen LogP contribution in [-0.2, 0) is 4.79 Å². The molecule has 0 unspecified atom stereocenters. The third-order valence-corrected chi connectivity index (χ3v) is 6.10. The number of carbonyl (C=O) groups is 2. The Kier molecular flexibility index (Phi) is 5.18. The molecular weight excluding hydrogens is 386 g/mol. The summed E-state index contributed by atoms with van der Waals surface area (Å²) in [7, 11) is 0. The van der Waals surface area contributed by atoms with E-state index in [1.165, 1.54) is 11.3 Å². The number of aromatic carboxylic acids is 1. The Morgan fingerprint density at radius 1 is 1.21 bits per heavy atom. The number of nitrogens with one attached hydrogen (secondary N) is 1. The Morgan fingerprint density at radius 3 is 2.59 bits per heavy atom. The van der Waals surface area contributed by atoms with E-state index in [-0.39, 0.29) is 23.1 Å². The maximum Gasteiger partial charge on any atom is 0.346 e. The highest BCUT2D eigenvalue weighted by Gasteiger charge is 2.34. The number of anilines is 1. The van der Waals surface area contributed by atoms with Crippen molar-refractivity contribution in [3.63, 3.8) is 0 Å². The van der Waals surface area contributed by atoms with E-state index < -0.39 is 5.97 Å². The van der Waals surface area contributed by atoms with Crippen LogP contribution in [0.25, 0.3) is 11.1 Å². The molecule has 0 spiro atoms. The van der Waals surface area contributed by atoms with Gasteiger partial charge >= 0.3 is 5.97 Å². The van der Waals surface area contributed by atoms with Gasteiger partial charge in [-0.1, -0.05) is 55.1 Å². The summed E-state index contributed by atoms with van der Waals surface area (Å²) in [5.74, 6) is -0.602. The van der Waals surface area contributed by atoms with Gasteiger partial charge in [0.15, 0.2) is 0 Å². The minimum Gasteiger partial charge on any atom is -0.490 e. The van der Waals surface area contributed by atoms with Crippen LogP contribution in [-0.4, -0.2) is 23.6 Å². The van der Waals surface area contributed by atoms with E-state index in [1.54, 1.807) is 6.08 Å². The second-order valence-electron chi connectivity index (χ2n) is 6.69. The third kappa shape index (κ3) is 3.67. The minimum atomic E-state index is -0.996. The summed E-state index contributed by atoms with van der Waals surface area (Å²) in [6, 6.07) is 16.9. The van der Waals surface area contributed by atoms with E-state index in [0.717, 1.165) is 21.8 Å². The summed E-state index contributed by atoms with van der Waals surface area (Å²) >= 11 is 1.23. The lowest BCUT2D eigenvalue weighted by Gasteiger charge is -2.24. The molecule has 0 fully saturated rings. The average Bonchev–Trinajstić information content (AvgIpc) is 3.12. The van der Waals surface area contributed by atoms with Crippen molar-refractivity contribution in [2.24, 2.45) is 0 Å². The quantitative estimate of drug-likeness (QED) is 0.556. The number of carboxylic acids is 1. The number of benzene rings is 2. The van der Waals surface area contributed by atoms with Gasteiger partial charge < -0.3 is 15.2 Å². The molecule has 0 saturated carbocycles. The first-order valence-electron chi connectivity index (χ1n) is 9.17. The molecule has 1 amide bonds. The average molecular weight is 405 g/mol. The topological polar surface area (TPSA) is 75.6 Å². The zero-order chi connectivity index (χ0) is 20.4.